The van der Waals surface area contributed by atoms with Crippen molar-refractivity contribution in [1.82, 2.24) is 15.1 Å². The molecular formula is C23H40N4O5S. The molecule has 0 saturated carbocycles. The van der Waals surface area contributed by atoms with Crippen molar-refractivity contribution >= 4 is 41.2 Å². The summed E-state index contributed by atoms with van der Waals surface area (Å²) in [5.74, 6) is -0.314. The van der Waals surface area contributed by atoms with Gasteiger partial charge in [-0.05, 0) is 32.4 Å². The zero-order valence-electron chi connectivity index (χ0n) is 20.6. The SMILES string of the molecule is CC(C)C(=O)C[C@@H](C(=O)NCCN)N(C)C(=O)CCCCCSC1CC(=O)N(C(C)C)C1=O. The van der Waals surface area contributed by atoms with Crippen molar-refractivity contribution in [2.24, 2.45) is 11.7 Å². The highest BCUT2D eigenvalue weighted by Gasteiger charge is 2.39. The molecule has 0 bridgehead atoms. The van der Waals surface area contributed by atoms with E-state index < -0.39 is 6.04 Å². The molecule has 33 heavy (non-hydrogen) atoms. The second kappa shape index (κ2) is 14.3. The molecule has 0 radical (unpaired) electrons. The van der Waals surface area contributed by atoms with Crippen LogP contribution in [0.4, 0.5) is 0 Å². The van der Waals surface area contributed by atoms with Crippen LogP contribution in [0.1, 0.15) is 66.2 Å². The van der Waals surface area contributed by atoms with Gasteiger partial charge in [-0.3, -0.25) is 28.9 Å². The zero-order valence-corrected chi connectivity index (χ0v) is 21.4. The van der Waals surface area contributed by atoms with E-state index in [0.29, 0.717) is 6.42 Å². The van der Waals surface area contributed by atoms with E-state index in [1.54, 1.807) is 20.9 Å². The topological polar surface area (TPSA) is 130 Å². The van der Waals surface area contributed by atoms with E-state index in [0.717, 1.165) is 18.6 Å². The Morgan fingerprint density at radius 2 is 1.82 bits per heavy atom. The van der Waals surface area contributed by atoms with E-state index in [9.17, 15) is 24.0 Å². The van der Waals surface area contributed by atoms with Gasteiger partial charge in [0.15, 0.2) is 0 Å². The molecule has 4 amide bonds. The number of amides is 4. The summed E-state index contributed by atoms with van der Waals surface area (Å²) in [4.78, 5) is 64.3. The molecule has 1 unspecified atom stereocenters. The van der Waals surface area contributed by atoms with Crippen LogP contribution in [0, 0.1) is 5.92 Å². The number of hydrogen-bond donors (Lipinski definition) is 2. The van der Waals surface area contributed by atoms with Crippen molar-refractivity contribution in [3.05, 3.63) is 0 Å². The number of imide groups is 1. The normalized spacial score (nSPS) is 17.1. The Bertz CT molecular complexity index is 713. The minimum atomic E-state index is -0.843. The fourth-order valence-corrected chi connectivity index (χ4v) is 4.74. The first-order valence-electron chi connectivity index (χ1n) is 11.7. The van der Waals surface area contributed by atoms with Crippen LogP contribution in [0.5, 0.6) is 0 Å². The molecule has 3 N–H and O–H groups in total. The number of carbonyl (C=O) groups is 5. The number of likely N-dealkylation sites (N-methyl/N-ethyl adjacent to an activating group) is 1. The summed E-state index contributed by atoms with van der Waals surface area (Å²) in [6, 6.07) is -0.958. The van der Waals surface area contributed by atoms with Gasteiger partial charge in [-0.2, -0.15) is 0 Å². The Morgan fingerprint density at radius 1 is 1.15 bits per heavy atom. The first kappa shape index (κ1) is 29.1. The number of Topliss-reactive ketones (excluding diaryl/α,β-unsaturated/α-hetero) is 1. The van der Waals surface area contributed by atoms with Gasteiger partial charge in [0.2, 0.25) is 23.6 Å². The smallest absolute Gasteiger partial charge is 0.243 e. The van der Waals surface area contributed by atoms with Crippen molar-refractivity contribution in [3.63, 3.8) is 0 Å². The maximum Gasteiger partial charge on any atom is 0.243 e. The highest BCUT2D eigenvalue weighted by atomic mass is 32.2. The largest absolute Gasteiger partial charge is 0.353 e. The molecule has 0 aromatic rings. The van der Waals surface area contributed by atoms with Crippen molar-refractivity contribution in [2.45, 2.75) is 83.6 Å². The highest BCUT2D eigenvalue weighted by molar-refractivity contribution is 8.00. The quantitative estimate of drug-likeness (QED) is 0.265. The summed E-state index contributed by atoms with van der Waals surface area (Å²) in [5, 5.41) is 2.37. The Kier molecular flexibility index (Phi) is 12.7. The first-order chi connectivity index (χ1) is 15.5. The fourth-order valence-electron chi connectivity index (χ4n) is 3.57. The van der Waals surface area contributed by atoms with Gasteiger partial charge in [0.1, 0.15) is 11.8 Å². The summed E-state index contributed by atoms with van der Waals surface area (Å²) in [7, 11) is 1.56. The van der Waals surface area contributed by atoms with Crippen LogP contribution in [-0.2, 0) is 24.0 Å². The number of ketones is 1. The van der Waals surface area contributed by atoms with Crippen molar-refractivity contribution < 1.29 is 24.0 Å². The molecule has 0 aromatic heterocycles. The number of nitrogens with one attached hydrogen (secondary N) is 1. The van der Waals surface area contributed by atoms with Gasteiger partial charge in [0, 0.05) is 51.4 Å². The molecule has 1 heterocycles. The lowest BCUT2D eigenvalue weighted by Gasteiger charge is -2.27. The van der Waals surface area contributed by atoms with E-state index >= 15 is 0 Å². The maximum atomic E-state index is 12.7. The summed E-state index contributed by atoms with van der Waals surface area (Å²) in [6.45, 7) is 7.78. The lowest BCUT2D eigenvalue weighted by Crippen LogP contribution is -2.49. The monoisotopic (exact) mass is 484 g/mol. The number of unbranched alkanes of at least 4 members (excludes halogenated alkanes) is 2. The summed E-state index contributed by atoms with van der Waals surface area (Å²) in [6.07, 6.45) is 2.79. The summed E-state index contributed by atoms with van der Waals surface area (Å²) in [5.41, 5.74) is 5.44. The van der Waals surface area contributed by atoms with E-state index in [4.69, 9.17) is 5.73 Å². The van der Waals surface area contributed by atoms with E-state index in [1.807, 2.05) is 13.8 Å². The summed E-state index contributed by atoms with van der Waals surface area (Å²) < 4.78 is 0. The van der Waals surface area contributed by atoms with Crippen LogP contribution in [0.15, 0.2) is 0 Å². The van der Waals surface area contributed by atoms with Gasteiger partial charge >= 0.3 is 0 Å². The van der Waals surface area contributed by atoms with Crippen LogP contribution >= 0.6 is 11.8 Å². The van der Waals surface area contributed by atoms with Crippen molar-refractivity contribution in [3.8, 4) is 0 Å². The Balaban J connectivity index is 2.44. The van der Waals surface area contributed by atoms with Gasteiger partial charge in [-0.1, -0.05) is 20.3 Å². The Morgan fingerprint density at radius 3 is 2.36 bits per heavy atom. The van der Waals surface area contributed by atoms with Gasteiger partial charge in [0.25, 0.3) is 0 Å². The van der Waals surface area contributed by atoms with E-state index in [2.05, 4.69) is 5.32 Å². The number of nitrogens with zero attached hydrogens (tertiary/aromatic N) is 2. The predicted octanol–water partition coefficient (Wildman–Crippen LogP) is 1.33. The van der Waals surface area contributed by atoms with Gasteiger partial charge in [-0.25, -0.2) is 0 Å². The molecule has 188 valence electrons. The molecule has 1 aliphatic rings. The molecule has 9 nitrogen and oxygen atoms in total. The van der Waals surface area contributed by atoms with E-state index in [-0.39, 0.29) is 79.0 Å². The minimum Gasteiger partial charge on any atom is -0.353 e. The number of nitrogens with two attached hydrogens (primary N) is 1. The molecule has 1 saturated heterocycles. The number of likely N-dealkylation sites (tertiary alicyclic amines) is 1. The molecular weight excluding hydrogens is 444 g/mol. The molecule has 1 aliphatic heterocycles. The lowest BCUT2D eigenvalue weighted by atomic mass is 9.99. The van der Waals surface area contributed by atoms with Crippen molar-refractivity contribution in [1.29, 1.82) is 0 Å². The number of carbonyl (C=O) groups excluding carboxylic acids is 5. The third kappa shape index (κ3) is 9.08. The average molecular weight is 485 g/mol. The molecule has 10 heteroatoms. The molecule has 1 rings (SSSR count). The second-order valence-electron chi connectivity index (χ2n) is 9.00. The number of hydrogen-bond acceptors (Lipinski definition) is 7. The zero-order chi connectivity index (χ0) is 25.1. The predicted molar refractivity (Wildman–Crippen MR) is 129 cm³/mol. The first-order valence-corrected chi connectivity index (χ1v) is 12.8. The lowest BCUT2D eigenvalue weighted by molar-refractivity contribution is -0.141. The van der Waals surface area contributed by atoms with Gasteiger partial charge in [-0.15, -0.1) is 11.8 Å². The fraction of sp³-hybridized carbons (Fsp3) is 0.783. The molecule has 2 atom stereocenters. The van der Waals surface area contributed by atoms with Gasteiger partial charge < -0.3 is 16.0 Å². The molecule has 0 spiro atoms. The molecule has 0 aromatic carbocycles. The van der Waals surface area contributed by atoms with Crippen LogP contribution in [-0.4, -0.2) is 82.4 Å². The Hall–Kier alpha value is -1.94. The average Bonchev–Trinajstić information content (AvgIpc) is 3.04. The van der Waals surface area contributed by atoms with Crippen LogP contribution < -0.4 is 11.1 Å². The third-order valence-electron chi connectivity index (χ3n) is 5.66. The van der Waals surface area contributed by atoms with Crippen LogP contribution in [0.3, 0.4) is 0 Å². The van der Waals surface area contributed by atoms with Crippen molar-refractivity contribution in [2.75, 3.05) is 25.9 Å². The number of thioether (sulfide) groups is 1. The third-order valence-corrected chi connectivity index (χ3v) is 6.95. The highest BCUT2D eigenvalue weighted by Crippen LogP contribution is 2.27. The van der Waals surface area contributed by atoms with Crippen LogP contribution in [0.25, 0.3) is 0 Å². The second-order valence-corrected chi connectivity index (χ2v) is 10.3. The molecule has 0 aliphatic carbocycles. The van der Waals surface area contributed by atoms with Gasteiger partial charge in [0.05, 0.1) is 5.25 Å². The standard InChI is InChI=1S/C23H40N4O5S/c1-15(2)18(28)13-17(22(31)25-11-10-24)26(5)20(29)9-7-6-8-12-33-19-14-21(30)27(16(3)4)23(19)32/h15-17,19H,6-14,24H2,1-5H3,(H,25,31)/t17-,19?/m0/s1. The Labute approximate surface area is 201 Å². The summed E-state index contributed by atoms with van der Waals surface area (Å²) >= 11 is 1.50. The van der Waals surface area contributed by atoms with Crippen LogP contribution in [0.2, 0.25) is 0 Å². The number of rotatable bonds is 15. The van der Waals surface area contributed by atoms with E-state index in [1.165, 1.54) is 21.6 Å². The maximum absolute atomic E-state index is 12.7. The molecule has 1 fully saturated rings. The minimum absolute atomic E-state index is 0.0194.